The van der Waals surface area contributed by atoms with Gasteiger partial charge in [0.2, 0.25) is 0 Å². The minimum Gasteiger partial charge on any atom is -0.377 e. The average Bonchev–Trinajstić information content (AvgIpc) is 2.63. The zero-order valence-corrected chi connectivity index (χ0v) is 18.3. The summed E-state index contributed by atoms with van der Waals surface area (Å²) in [5, 5.41) is 0. The molecule has 2 N–H and O–H groups in total. The van der Waals surface area contributed by atoms with Crippen LogP contribution in [-0.2, 0) is 26.6 Å². The van der Waals surface area contributed by atoms with Gasteiger partial charge in [-0.2, -0.15) is 0 Å². The van der Waals surface area contributed by atoms with E-state index in [4.69, 9.17) is 32.3 Å². The molecule has 0 aliphatic rings. The highest BCUT2D eigenvalue weighted by Crippen LogP contribution is 2.25. The maximum atomic E-state index is 5.77. The molecule has 0 bridgehead atoms. The van der Waals surface area contributed by atoms with E-state index in [1.165, 1.54) is 0 Å². The molecule has 0 radical (unpaired) electrons. The molecule has 0 saturated carbocycles. The first-order chi connectivity index (χ1) is 11.5. The first-order valence-corrected chi connectivity index (χ1v) is 12.4. The van der Waals surface area contributed by atoms with Crippen molar-refractivity contribution in [1.29, 1.82) is 0 Å². The molecule has 0 aromatic rings. The van der Waals surface area contributed by atoms with Gasteiger partial charge in [0, 0.05) is 54.7 Å². The minimum atomic E-state index is -2.47. The van der Waals surface area contributed by atoms with Crippen LogP contribution < -0.4 is 5.73 Å². The molecule has 0 saturated heterocycles. The van der Waals surface area contributed by atoms with Gasteiger partial charge in [-0.05, 0) is 31.7 Å². The maximum Gasteiger partial charge on any atom is 0.500 e. The Morgan fingerprint density at radius 2 is 0.958 bits per heavy atom. The molecule has 0 aromatic carbocycles. The Balaban J connectivity index is 4.35. The second-order valence-electron chi connectivity index (χ2n) is 5.82. The number of rotatable bonds is 16. The normalized spacial score (nSPS) is 13.0. The zero-order valence-electron chi connectivity index (χ0n) is 16.3. The van der Waals surface area contributed by atoms with E-state index in [0.29, 0.717) is 12.5 Å². The van der Waals surface area contributed by atoms with Gasteiger partial charge in [0.25, 0.3) is 0 Å². The van der Waals surface area contributed by atoms with Gasteiger partial charge in [-0.15, -0.1) is 0 Å². The van der Waals surface area contributed by atoms with Crippen LogP contribution in [0.15, 0.2) is 0 Å². The Bertz CT molecular complexity index is 261. The van der Waals surface area contributed by atoms with E-state index in [9.17, 15) is 0 Å². The molecule has 7 nitrogen and oxygen atoms in total. The lowest BCUT2D eigenvalue weighted by Crippen LogP contribution is -2.42. The summed E-state index contributed by atoms with van der Waals surface area (Å²) >= 11 is 0. The quantitative estimate of drug-likeness (QED) is 0.409. The van der Waals surface area contributed by atoms with Gasteiger partial charge in [-0.25, -0.2) is 0 Å². The van der Waals surface area contributed by atoms with Gasteiger partial charge in [0.15, 0.2) is 0 Å². The fourth-order valence-corrected chi connectivity index (χ4v) is 6.49. The van der Waals surface area contributed by atoms with Gasteiger partial charge in [-0.3, -0.25) is 0 Å². The maximum absolute atomic E-state index is 5.77. The molecule has 24 heavy (non-hydrogen) atoms. The van der Waals surface area contributed by atoms with Crippen molar-refractivity contribution in [3.05, 3.63) is 0 Å². The van der Waals surface area contributed by atoms with E-state index in [-0.39, 0.29) is 0 Å². The molecule has 146 valence electrons. The van der Waals surface area contributed by atoms with E-state index in [1.54, 1.807) is 42.7 Å². The summed E-state index contributed by atoms with van der Waals surface area (Å²) in [6.45, 7) is 0.702. The third kappa shape index (κ3) is 8.02. The van der Waals surface area contributed by atoms with Gasteiger partial charge in [-0.1, -0.05) is 12.8 Å². The lowest BCUT2D eigenvalue weighted by atomic mass is 9.95. The van der Waals surface area contributed by atoms with Crippen molar-refractivity contribution in [3.8, 4) is 0 Å². The van der Waals surface area contributed by atoms with Crippen LogP contribution in [0.4, 0.5) is 0 Å². The summed E-state index contributed by atoms with van der Waals surface area (Å²) in [5.74, 6) is 0.574. The Morgan fingerprint density at radius 1 is 0.625 bits per heavy atom. The first-order valence-electron chi connectivity index (χ1n) is 8.51. The lowest BCUT2D eigenvalue weighted by molar-refractivity contribution is 0.121. The molecule has 0 rings (SSSR count). The molecule has 0 unspecified atom stereocenters. The molecule has 9 heteroatoms. The fourth-order valence-electron chi connectivity index (χ4n) is 3.00. The van der Waals surface area contributed by atoms with Crippen molar-refractivity contribution >= 4 is 17.6 Å². The Hall–Kier alpha value is 0.154. The zero-order chi connectivity index (χ0) is 18.5. The van der Waals surface area contributed by atoms with E-state index >= 15 is 0 Å². The van der Waals surface area contributed by atoms with Gasteiger partial charge < -0.3 is 32.3 Å². The summed E-state index contributed by atoms with van der Waals surface area (Å²) in [4.78, 5) is 0. The van der Waals surface area contributed by atoms with E-state index in [1.807, 2.05) is 0 Å². The van der Waals surface area contributed by atoms with Gasteiger partial charge in [0.1, 0.15) is 0 Å². The monoisotopic (exact) mass is 383 g/mol. The lowest BCUT2D eigenvalue weighted by Gasteiger charge is -2.26. The molecule has 0 aliphatic carbocycles. The fraction of sp³-hybridized carbons (Fsp3) is 1.00. The van der Waals surface area contributed by atoms with Crippen molar-refractivity contribution in [3.63, 3.8) is 0 Å². The molecular weight excluding hydrogens is 346 g/mol. The highest BCUT2D eigenvalue weighted by Gasteiger charge is 2.38. The molecule has 0 atom stereocenters. The minimum absolute atomic E-state index is 0.574. The summed E-state index contributed by atoms with van der Waals surface area (Å²) < 4.78 is 32.8. The number of hydrogen-bond acceptors (Lipinski definition) is 7. The van der Waals surface area contributed by atoms with Crippen LogP contribution in [-0.4, -0.2) is 66.8 Å². The van der Waals surface area contributed by atoms with Crippen molar-refractivity contribution < 1.29 is 26.6 Å². The van der Waals surface area contributed by atoms with Gasteiger partial charge in [0.05, 0.1) is 0 Å². The van der Waals surface area contributed by atoms with Crippen LogP contribution in [0.25, 0.3) is 0 Å². The molecule has 0 spiro atoms. The summed E-state index contributed by atoms with van der Waals surface area (Å²) in [5.41, 5.74) is 5.77. The summed E-state index contributed by atoms with van der Waals surface area (Å²) in [6, 6.07) is 1.65. The van der Waals surface area contributed by atoms with E-state index < -0.39 is 17.6 Å². The largest absolute Gasteiger partial charge is 0.500 e. The average molecular weight is 384 g/mol. The number of hydrogen-bond donors (Lipinski definition) is 1. The highest BCUT2D eigenvalue weighted by molar-refractivity contribution is 6.60. The molecular formula is C15H37NO6Si2. The smallest absolute Gasteiger partial charge is 0.377 e. The number of nitrogens with two attached hydrogens (primary N) is 1. The molecule has 0 aliphatic heterocycles. The summed E-state index contributed by atoms with van der Waals surface area (Å²) in [7, 11) is 4.98. The van der Waals surface area contributed by atoms with E-state index in [0.717, 1.165) is 44.2 Å². The Labute approximate surface area is 149 Å². The second kappa shape index (κ2) is 13.4. The van der Waals surface area contributed by atoms with Crippen LogP contribution in [0.1, 0.15) is 32.1 Å². The SMILES string of the molecule is CO[Si](CCCC(CCN)CCC[Si](OC)(OC)OC)(OC)OC. The highest BCUT2D eigenvalue weighted by atomic mass is 28.4. The van der Waals surface area contributed by atoms with Crippen molar-refractivity contribution in [2.45, 2.75) is 44.2 Å². The Morgan fingerprint density at radius 3 is 1.21 bits per heavy atom. The third-order valence-electron chi connectivity index (χ3n) is 4.63. The molecule has 0 heterocycles. The van der Waals surface area contributed by atoms with E-state index in [2.05, 4.69) is 0 Å². The predicted molar refractivity (Wildman–Crippen MR) is 98.8 cm³/mol. The molecule has 0 fully saturated rings. The molecule has 0 amide bonds. The van der Waals surface area contributed by atoms with Crippen LogP contribution in [0, 0.1) is 5.92 Å². The Kier molecular flexibility index (Phi) is 13.5. The van der Waals surface area contributed by atoms with Crippen LogP contribution in [0.3, 0.4) is 0 Å². The van der Waals surface area contributed by atoms with Gasteiger partial charge >= 0.3 is 17.6 Å². The van der Waals surface area contributed by atoms with Crippen LogP contribution >= 0.6 is 0 Å². The van der Waals surface area contributed by atoms with Crippen molar-refractivity contribution in [2.24, 2.45) is 11.7 Å². The second-order valence-corrected chi connectivity index (χ2v) is 12.0. The topological polar surface area (TPSA) is 81.4 Å². The predicted octanol–water partition coefficient (Wildman–Crippen LogP) is 2.27. The van der Waals surface area contributed by atoms with Crippen molar-refractivity contribution in [1.82, 2.24) is 0 Å². The summed E-state index contributed by atoms with van der Waals surface area (Å²) in [6.07, 6.45) is 5.21. The molecule has 0 aromatic heterocycles. The first kappa shape index (κ1) is 24.2. The van der Waals surface area contributed by atoms with Crippen LogP contribution in [0.2, 0.25) is 12.1 Å². The van der Waals surface area contributed by atoms with Crippen molar-refractivity contribution in [2.75, 3.05) is 49.2 Å². The standard InChI is InChI=1S/C15H37NO6Si2/c1-17-23(18-2,19-3)13-7-9-15(11-12-16)10-8-14-24(20-4,21-5)22-6/h15H,7-14,16H2,1-6H3. The van der Waals surface area contributed by atoms with Crippen LogP contribution in [0.5, 0.6) is 0 Å². The third-order valence-corrected chi connectivity index (χ3v) is 10.3.